The summed E-state index contributed by atoms with van der Waals surface area (Å²) in [5.41, 5.74) is 0. The molecule has 0 aromatic rings. The zero-order chi connectivity index (χ0) is 9.84. The Balaban J connectivity index is 2.52. The highest BCUT2D eigenvalue weighted by Gasteiger charge is 2.31. The van der Waals surface area contributed by atoms with Crippen molar-refractivity contribution in [3.63, 3.8) is 0 Å². The molecule has 1 aliphatic rings. The lowest BCUT2D eigenvalue weighted by molar-refractivity contribution is 0.0407. The minimum Gasteiger partial charge on any atom is -0.395 e. The van der Waals surface area contributed by atoms with Crippen LogP contribution in [0.15, 0.2) is 0 Å². The molecule has 0 spiro atoms. The van der Waals surface area contributed by atoms with Gasteiger partial charge in [-0.1, -0.05) is 0 Å². The van der Waals surface area contributed by atoms with Crippen molar-refractivity contribution in [2.45, 2.75) is 51.3 Å². The highest BCUT2D eigenvalue weighted by Crippen LogP contribution is 2.25. The summed E-state index contributed by atoms with van der Waals surface area (Å²) in [6, 6.07) is 0.678. The van der Waals surface area contributed by atoms with Gasteiger partial charge in [-0.15, -0.1) is 0 Å². The number of hydrogen-bond acceptors (Lipinski definition) is 3. The van der Waals surface area contributed by atoms with Crippen molar-refractivity contribution in [1.82, 2.24) is 4.90 Å². The number of aliphatic hydroxyl groups excluding tert-OH is 2. The lowest BCUT2D eigenvalue weighted by Gasteiger charge is -2.33. The Labute approximate surface area is 80.4 Å². The minimum atomic E-state index is -0.186. The van der Waals surface area contributed by atoms with Crippen LogP contribution in [0.1, 0.15) is 33.1 Å². The van der Waals surface area contributed by atoms with Gasteiger partial charge in [0.2, 0.25) is 0 Å². The molecule has 3 heteroatoms. The van der Waals surface area contributed by atoms with E-state index in [2.05, 4.69) is 18.7 Å². The quantitative estimate of drug-likeness (QED) is 0.677. The van der Waals surface area contributed by atoms with Crippen molar-refractivity contribution in [3.05, 3.63) is 0 Å². The van der Waals surface area contributed by atoms with Crippen LogP contribution < -0.4 is 0 Å². The van der Waals surface area contributed by atoms with Gasteiger partial charge in [0.15, 0.2) is 0 Å². The van der Waals surface area contributed by atoms with E-state index in [1.54, 1.807) is 0 Å². The Morgan fingerprint density at radius 3 is 2.46 bits per heavy atom. The van der Waals surface area contributed by atoms with Crippen molar-refractivity contribution in [2.24, 2.45) is 0 Å². The maximum absolute atomic E-state index is 9.71. The number of aliphatic hydroxyl groups is 2. The van der Waals surface area contributed by atoms with Gasteiger partial charge in [0.05, 0.1) is 12.7 Å². The van der Waals surface area contributed by atoms with E-state index in [0.717, 1.165) is 19.3 Å². The maximum Gasteiger partial charge on any atom is 0.0695 e. The summed E-state index contributed by atoms with van der Waals surface area (Å²) in [6.45, 7) is 5.09. The first-order valence-electron chi connectivity index (χ1n) is 5.21. The first-order chi connectivity index (χ1) is 6.16. The molecule has 2 atom stereocenters. The van der Waals surface area contributed by atoms with Gasteiger partial charge in [-0.3, -0.25) is 4.90 Å². The second-order valence-corrected chi connectivity index (χ2v) is 4.12. The Hall–Kier alpha value is -0.120. The topological polar surface area (TPSA) is 43.7 Å². The molecule has 1 fully saturated rings. The van der Waals surface area contributed by atoms with Crippen LogP contribution in [0, 0.1) is 0 Å². The number of hydrogen-bond donors (Lipinski definition) is 2. The summed E-state index contributed by atoms with van der Waals surface area (Å²) >= 11 is 0. The molecule has 2 N–H and O–H groups in total. The van der Waals surface area contributed by atoms with Gasteiger partial charge >= 0.3 is 0 Å². The first kappa shape index (κ1) is 11.0. The molecule has 0 radical (unpaired) electrons. The van der Waals surface area contributed by atoms with Crippen LogP contribution in [-0.4, -0.2) is 46.5 Å². The Morgan fingerprint density at radius 1 is 1.38 bits per heavy atom. The summed E-state index contributed by atoms with van der Waals surface area (Å²) < 4.78 is 0. The highest BCUT2D eigenvalue weighted by molar-refractivity contribution is 4.86. The summed E-state index contributed by atoms with van der Waals surface area (Å²) in [4.78, 5) is 2.21. The fourth-order valence-electron chi connectivity index (χ4n) is 2.23. The molecular weight excluding hydrogens is 166 g/mol. The second-order valence-electron chi connectivity index (χ2n) is 4.12. The second kappa shape index (κ2) is 4.94. The molecule has 1 aliphatic carbocycles. The lowest BCUT2D eigenvalue weighted by atomic mass is 10.1. The van der Waals surface area contributed by atoms with E-state index < -0.39 is 0 Å². The monoisotopic (exact) mass is 187 g/mol. The molecule has 78 valence electrons. The molecular formula is C10H21NO2. The van der Waals surface area contributed by atoms with Crippen LogP contribution in [-0.2, 0) is 0 Å². The molecule has 0 bridgehead atoms. The fraction of sp³-hybridized carbons (Fsp3) is 1.00. The van der Waals surface area contributed by atoms with E-state index in [1.165, 1.54) is 0 Å². The average molecular weight is 187 g/mol. The third-order valence-electron chi connectivity index (χ3n) is 2.89. The summed E-state index contributed by atoms with van der Waals surface area (Å²) in [5, 5.41) is 18.6. The minimum absolute atomic E-state index is 0.182. The third kappa shape index (κ3) is 2.66. The molecule has 0 amide bonds. The maximum atomic E-state index is 9.71. The lowest BCUT2D eigenvalue weighted by Crippen LogP contribution is -2.45. The van der Waals surface area contributed by atoms with Gasteiger partial charge in [-0.25, -0.2) is 0 Å². The Kier molecular flexibility index (Phi) is 4.16. The van der Waals surface area contributed by atoms with E-state index in [4.69, 9.17) is 5.11 Å². The number of nitrogens with zero attached hydrogens (tertiary/aromatic N) is 1. The van der Waals surface area contributed by atoms with Crippen molar-refractivity contribution >= 4 is 0 Å². The summed E-state index contributed by atoms with van der Waals surface area (Å²) in [5.74, 6) is 0. The zero-order valence-electron chi connectivity index (χ0n) is 8.61. The van der Waals surface area contributed by atoms with Crippen LogP contribution in [0.3, 0.4) is 0 Å². The van der Waals surface area contributed by atoms with Gasteiger partial charge in [-0.05, 0) is 33.1 Å². The molecule has 0 aromatic heterocycles. The van der Waals surface area contributed by atoms with E-state index in [-0.39, 0.29) is 18.8 Å². The molecule has 0 heterocycles. The Morgan fingerprint density at radius 2 is 2.08 bits per heavy atom. The zero-order valence-corrected chi connectivity index (χ0v) is 8.61. The van der Waals surface area contributed by atoms with Crippen LogP contribution in [0.4, 0.5) is 0 Å². The van der Waals surface area contributed by atoms with Gasteiger partial charge in [0.1, 0.15) is 0 Å². The third-order valence-corrected chi connectivity index (χ3v) is 2.89. The molecule has 0 aromatic carbocycles. The van der Waals surface area contributed by atoms with Crippen molar-refractivity contribution in [3.8, 4) is 0 Å². The van der Waals surface area contributed by atoms with Crippen molar-refractivity contribution < 1.29 is 10.2 Å². The molecule has 3 nitrogen and oxygen atoms in total. The fourth-order valence-corrected chi connectivity index (χ4v) is 2.23. The molecule has 0 unspecified atom stereocenters. The smallest absolute Gasteiger partial charge is 0.0695 e. The molecule has 13 heavy (non-hydrogen) atoms. The SMILES string of the molecule is CC(C)N(CCO)[C@H]1CCC[C@@H]1O. The van der Waals surface area contributed by atoms with Gasteiger partial charge < -0.3 is 10.2 Å². The number of rotatable bonds is 4. The molecule has 0 saturated heterocycles. The predicted octanol–water partition coefficient (Wildman–Crippen LogP) is 0.602. The van der Waals surface area contributed by atoms with E-state index in [1.807, 2.05) is 0 Å². The van der Waals surface area contributed by atoms with Gasteiger partial charge in [-0.2, -0.15) is 0 Å². The van der Waals surface area contributed by atoms with E-state index >= 15 is 0 Å². The highest BCUT2D eigenvalue weighted by atomic mass is 16.3. The van der Waals surface area contributed by atoms with Crippen LogP contribution in [0.5, 0.6) is 0 Å². The largest absolute Gasteiger partial charge is 0.395 e. The standard InChI is InChI=1S/C10H21NO2/c1-8(2)11(6-7-12)9-4-3-5-10(9)13/h8-10,12-13H,3-7H2,1-2H3/t9-,10-/m0/s1. The van der Waals surface area contributed by atoms with Crippen LogP contribution >= 0.6 is 0 Å². The van der Waals surface area contributed by atoms with Crippen LogP contribution in [0.25, 0.3) is 0 Å². The van der Waals surface area contributed by atoms with E-state index in [9.17, 15) is 5.11 Å². The summed E-state index contributed by atoms with van der Waals surface area (Å²) in [7, 11) is 0. The average Bonchev–Trinajstić information content (AvgIpc) is 2.47. The predicted molar refractivity (Wildman–Crippen MR) is 52.6 cm³/mol. The molecule has 0 aliphatic heterocycles. The first-order valence-corrected chi connectivity index (χ1v) is 5.21. The normalized spacial score (nSPS) is 29.1. The van der Waals surface area contributed by atoms with Gasteiger partial charge in [0.25, 0.3) is 0 Å². The molecule has 1 saturated carbocycles. The van der Waals surface area contributed by atoms with Crippen LogP contribution in [0.2, 0.25) is 0 Å². The van der Waals surface area contributed by atoms with Crippen molar-refractivity contribution in [2.75, 3.05) is 13.2 Å². The summed E-state index contributed by atoms with van der Waals surface area (Å²) in [6.07, 6.45) is 2.91. The van der Waals surface area contributed by atoms with Gasteiger partial charge in [0, 0.05) is 18.6 Å². The van der Waals surface area contributed by atoms with Crippen molar-refractivity contribution in [1.29, 1.82) is 0 Å². The molecule has 1 rings (SSSR count). The Bertz CT molecular complexity index is 150. The van der Waals surface area contributed by atoms with E-state index in [0.29, 0.717) is 12.6 Å².